The van der Waals surface area contributed by atoms with Crippen molar-refractivity contribution in [2.45, 2.75) is 34.1 Å². The van der Waals surface area contributed by atoms with E-state index in [0.29, 0.717) is 50.4 Å². The molecule has 0 spiro atoms. The second-order valence-electron chi connectivity index (χ2n) is 8.61. The van der Waals surface area contributed by atoms with Crippen molar-refractivity contribution in [1.82, 2.24) is 10.6 Å². The van der Waals surface area contributed by atoms with Gasteiger partial charge in [0.05, 0.1) is 65.0 Å². The quantitative estimate of drug-likeness (QED) is 0.0187. The number of ether oxygens (including phenoxy) is 5. The number of thiocarbonyl (C=S) groups is 1. The van der Waals surface area contributed by atoms with Crippen LogP contribution in [0.2, 0.25) is 0 Å². The molecule has 272 valence electrons. The highest BCUT2D eigenvalue weighted by atomic mass is 32.1. The molecular weight excluding hydrogens is 667 g/mol. The summed E-state index contributed by atoms with van der Waals surface area (Å²) in [7, 11) is 0. The monoisotopic (exact) mass is 712 g/mol. The van der Waals surface area contributed by atoms with Crippen molar-refractivity contribution >= 4 is 29.0 Å². The molecular formula is C31H45F5N4O7S. The van der Waals surface area contributed by atoms with E-state index >= 15 is 0 Å². The minimum Gasteiger partial charge on any atom is -0.508 e. The summed E-state index contributed by atoms with van der Waals surface area (Å²) in [6.45, 7) is 10.6. The van der Waals surface area contributed by atoms with Crippen molar-refractivity contribution in [1.29, 1.82) is 0 Å². The lowest BCUT2D eigenvalue weighted by atomic mass is 10.2. The van der Waals surface area contributed by atoms with Gasteiger partial charge < -0.3 is 50.5 Å². The van der Waals surface area contributed by atoms with E-state index in [1.54, 1.807) is 24.3 Å². The Bertz CT molecular complexity index is 1220. The summed E-state index contributed by atoms with van der Waals surface area (Å²) in [5.74, 6) is -14.0. The average molecular weight is 713 g/mol. The molecule has 17 heteroatoms. The fourth-order valence-corrected chi connectivity index (χ4v) is 3.28. The molecule has 11 nitrogen and oxygen atoms in total. The third kappa shape index (κ3) is 18.5. The first kappa shape index (κ1) is 44.2. The number of esters is 1. The van der Waals surface area contributed by atoms with Crippen LogP contribution in [0.4, 0.5) is 27.6 Å². The molecule has 2 rings (SSSR count). The largest absolute Gasteiger partial charge is 0.508 e. The Hall–Kier alpha value is -3.77. The van der Waals surface area contributed by atoms with Gasteiger partial charge >= 0.3 is 5.97 Å². The molecule has 0 bridgehead atoms. The number of carbonyl (C=O) groups is 1. The van der Waals surface area contributed by atoms with Gasteiger partial charge in [-0.15, -0.1) is 0 Å². The molecule has 2 aromatic carbocycles. The van der Waals surface area contributed by atoms with Crippen molar-refractivity contribution in [3.63, 3.8) is 0 Å². The van der Waals surface area contributed by atoms with Gasteiger partial charge in [0.25, 0.3) is 0 Å². The molecule has 48 heavy (non-hydrogen) atoms. The van der Waals surface area contributed by atoms with Crippen molar-refractivity contribution in [3.8, 4) is 11.5 Å². The van der Waals surface area contributed by atoms with E-state index in [4.69, 9.17) is 36.9 Å². The third-order valence-corrected chi connectivity index (χ3v) is 5.43. The molecule has 0 aliphatic carbocycles. The maximum atomic E-state index is 13.5. The third-order valence-electron chi connectivity index (χ3n) is 5.18. The van der Waals surface area contributed by atoms with Crippen molar-refractivity contribution in [2.75, 3.05) is 71.3 Å². The minimum absolute atomic E-state index is 0.107. The van der Waals surface area contributed by atoms with Crippen molar-refractivity contribution in [3.05, 3.63) is 65.2 Å². The van der Waals surface area contributed by atoms with Crippen LogP contribution in [0.1, 0.15) is 34.1 Å². The molecule has 0 unspecified atom stereocenters. The number of halogens is 5. The Morgan fingerprint density at radius 3 is 1.88 bits per heavy atom. The van der Waals surface area contributed by atoms with Crippen LogP contribution in [-0.2, 0) is 23.7 Å². The Morgan fingerprint density at radius 2 is 1.27 bits per heavy atom. The molecule has 0 aliphatic heterocycles. The zero-order valence-corrected chi connectivity index (χ0v) is 28.3. The van der Waals surface area contributed by atoms with Gasteiger partial charge in [-0.25, -0.2) is 13.2 Å². The molecule has 0 saturated heterocycles. The molecule has 2 aromatic rings. The summed E-state index contributed by atoms with van der Waals surface area (Å²) in [6, 6.07) is 6.50. The fourth-order valence-electron chi connectivity index (χ4n) is 3.06. The number of nitrogens with one attached hydrogen (secondary N) is 3. The highest BCUT2D eigenvalue weighted by Gasteiger charge is 2.28. The summed E-state index contributed by atoms with van der Waals surface area (Å²) in [5.41, 5.74) is 6.95. The Kier molecular flexibility index (Phi) is 25.1. The molecule has 0 heterocycles. The fraction of sp³-hybridized carbons (Fsp3) is 0.484. The van der Waals surface area contributed by atoms with Gasteiger partial charge in [-0.1, -0.05) is 27.7 Å². The van der Waals surface area contributed by atoms with Crippen LogP contribution < -0.4 is 26.4 Å². The second-order valence-corrected chi connectivity index (χ2v) is 9.02. The summed E-state index contributed by atoms with van der Waals surface area (Å²) < 4.78 is 92.1. The first-order valence-electron chi connectivity index (χ1n) is 15.1. The minimum atomic E-state index is -2.35. The summed E-state index contributed by atoms with van der Waals surface area (Å²) in [4.78, 5) is 11.7. The van der Waals surface area contributed by atoms with Crippen LogP contribution in [0.3, 0.4) is 0 Å². The lowest BCUT2D eigenvalue weighted by Crippen LogP contribution is -2.31. The number of phenolic OH excluding ortho intramolecular Hbond substituents is 1. The number of phenols is 1. The summed E-state index contributed by atoms with van der Waals surface area (Å²) in [6.07, 6.45) is 1.00. The number of nitrogens with two attached hydrogens (primary N) is 1. The Labute approximate surface area is 282 Å². The average Bonchev–Trinajstić information content (AvgIpc) is 3.09. The number of carbonyl (C=O) groups excluding carboxylic acids is 1. The van der Waals surface area contributed by atoms with Gasteiger partial charge in [-0.05, 0) is 36.5 Å². The number of hydrogen-bond donors (Lipinski definition) is 5. The lowest BCUT2D eigenvalue weighted by molar-refractivity contribution is -0.136. The van der Waals surface area contributed by atoms with E-state index in [1.165, 1.54) is 6.20 Å². The van der Waals surface area contributed by atoms with Crippen molar-refractivity contribution < 1.29 is 55.5 Å². The topological polar surface area (TPSA) is 146 Å². The van der Waals surface area contributed by atoms with E-state index in [9.17, 15) is 31.9 Å². The Morgan fingerprint density at radius 1 is 0.771 bits per heavy atom. The van der Waals surface area contributed by atoms with E-state index < -0.39 is 47.2 Å². The molecule has 0 atom stereocenters. The van der Waals surface area contributed by atoms with Crippen molar-refractivity contribution in [2.24, 2.45) is 5.73 Å². The second kappa shape index (κ2) is 27.2. The SMILES string of the molecule is CC.CC.N/C(=C\NCCOCCC(=O)Oc1c(F)c(F)c(F)c(F)c1F)COCCOCCOCCNC(=S)Nc1ccc(O)cc1. The maximum absolute atomic E-state index is 13.5. The van der Waals surface area contributed by atoms with Crippen LogP contribution in [0.5, 0.6) is 11.5 Å². The van der Waals surface area contributed by atoms with Gasteiger partial charge in [0.15, 0.2) is 5.11 Å². The molecule has 0 amide bonds. The normalized spacial score (nSPS) is 10.6. The van der Waals surface area contributed by atoms with E-state index in [-0.39, 0.29) is 32.1 Å². The maximum Gasteiger partial charge on any atom is 0.313 e. The smallest absolute Gasteiger partial charge is 0.313 e. The predicted octanol–water partition coefficient (Wildman–Crippen LogP) is 4.88. The Balaban J connectivity index is 0.00000531. The molecule has 0 fully saturated rings. The predicted molar refractivity (Wildman–Crippen MR) is 175 cm³/mol. The van der Waals surface area contributed by atoms with Crippen LogP contribution in [0, 0.1) is 29.1 Å². The zero-order chi connectivity index (χ0) is 36.3. The first-order chi connectivity index (χ1) is 23.1. The summed E-state index contributed by atoms with van der Waals surface area (Å²) >= 11 is 5.17. The van der Waals surface area contributed by atoms with Gasteiger partial charge in [-0.3, -0.25) is 4.79 Å². The van der Waals surface area contributed by atoms with E-state index in [2.05, 4.69) is 20.7 Å². The van der Waals surface area contributed by atoms with Gasteiger partial charge in [-0.2, -0.15) is 8.78 Å². The lowest BCUT2D eigenvalue weighted by Gasteiger charge is -2.11. The van der Waals surface area contributed by atoms with E-state index in [1.807, 2.05) is 27.7 Å². The van der Waals surface area contributed by atoms with Gasteiger partial charge in [0.2, 0.25) is 34.8 Å². The first-order valence-corrected chi connectivity index (χ1v) is 15.6. The molecule has 0 aromatic heterocycles. The molecule has 0 radical (unpaired) electrons. The molecule has 0 aliphatic rings. The highest BCUT2D eigenvalue weighted by molar-refractivity contribution is 7.80. The van der Waals surface area contributed by atoms with Crippen LogP contribution >= 0.6 is 12.2 Å². The number of benzene rings is 2. The number of rotatable bonds is 20. The number of hydrogen-bond acceptors (Lipinski definition) is 10. The number of aromatic hydroxyl groups is 1. The summed E-state index contributed by atoms with van der Waals surface area (Å²) in [5, 5.41) is 18.5. The van der Waals surface area contributed by atoms with Crippen LogP contribution in [0.15, 0.2) is 36.2 Å². The van der Waals surface area contributed by atoms with Crippen LogP contribution in [-0.4, -0.2) is 82.1 Å². The molecule has 6 N–H and O–H groups in total. The number of anilines is 1. The molecule has 0 saturated carbocycles. The zero-order valence-electron chi connectivity index (χ0n) is 27.4. The van der Waals surface area contributed by atoms with Gasteiger partial charge in [0.1, 0.15) is 5.75 Å². The highest BCUT2D eigenvalue weighted by Crippen LogP contribution is 2.29. The van der Waals surface area contributed by atoms with Crippen LogP contribution in [0.25, 0.3) is 0 Å². The standard InChI is InChI=1S/C27H33F5N4O7S.2C2H6/c28-21-22(29)24(31)26(25(32)23(21)30)43-20(38)5-8-39-9-6-34-15-17(33)16-42-14-13-41-12-11-40-10-7-35-27(44)36-18-1-3-19(37)4-2-18;2*1-2/h1-4,15,34,37H,5-14,16,33H2,(H2,35,36,44);2*1-2H3/b17-15-;;. The van der Waals surface area contributed by atoms with E-state index in [0.717, 1.165) is 5.69 Å². The van der Waals surface area contributed by atoms with Gasteiger partial charge in [0, 0.05) is 25.0 Å².